The Labute approximate surface area is 114 Å². The molecule has 1 fully saturated rings. The molecule has 0 bridgehead atoms. The maximum absolute atomic E-state index is 13.7. The second-order valence-electron chi connectivity index (χ2n) is 4.21. The van der Waals surface area contributed by atoms with Gasteiger partial charge in [0.15, 0.2) is 0 Å². The van der Waals surface area contributed by atoms with Gasteiger partial charge in [0.2, 0.25) is 10.0 Å². The van der Waals surface area contributed by atoms with Crippen LogP contribution in [0.5, 0.6) is 0 Å². The first-order valence-electron chi connectivity index (χ1n) is 5.54. The van der Waals surface area contributed by atoms with Crippen LogP contribution in [0.3, 0.4) is 0 Å². The number of hydrogen-bond acceptors (Lipinski definition) is 3. The van der Waals surface area contributed by atoms with Gasteiger partial charge in [0.25, 0.3) is 0 Å². The van der Waals surface area contributed by atoms with Gasteiger partial charge in [-0.2, -0.15) is 4.31 Å². The Morgan fingerprint density at radius 2 is 1.94 bits per heavy atom. The van der Waals surface area contributed by atoms with Crippen molar-refractivity contribution in [1.82, 2.24) is 4.31 Å². The average Bonchev–Trinajstić information content (AvgIpc) is 2.29. The highest BCUT2D eigenvalue weighted by atomic mass is 79.9. The Morgan fingerprint density at radius 3 is 2.50 bits per heavy atom. The number of benzene rings is 1. The van der Waals surface area contributed by atoms with E-state index in [2.05, 4.69) is 15.9 Å². The van der Waals surface area contributed by atoms with E-state index in [-0.39, 0.29) is 18.0 Å². The van der Waals surface area contributed by atoms with Crippen molar-refractivity contribution >= 4 is 26.0 Å². The topological polar surface area (TPSA) is 57.6 Å². The molecule has 0 aliphatic carbocycles. The van der Waals surface area contributed by atoms with Crippen molar-refractivity contribution in [3.05, 3.63) is 28.5 Å². The van der Waals surface area contributed by atoms with Crippen LogP contribution in [-0.4, -0.2) is 37.0 Å². The molecule has 0 radical (unpaired) electrons. The Morgan fingerprint density at radius 1 is 1.33 bits per heavy atom. The van der Waals surface area contributed by atoms with Crippen LogP contribution in [0.25, 0.3) is 0 Å². The summed E-state index contributed by atoms with van der Waals surface area (Å²) in [4.78, 5) is -0.318. The first-order valence-corrected chi connectivity index (χ1v) is 7.78. The first kappa shape index (κ1) is 13.9. The zero-order chi connectivity index (χ0) is 13.3. The minimum absolute atomic E-state index is 0.221. The molecule has 100 valence electrons. The molecule has 2 rings (SSSR count). The van der Waals surface area contributed by atoms with Crippen molar-refractivity contribution in [3.63, 3.8) is 0 Å². The van der Waals surface area contributed by atoms with Gasteiger partial charge in [0, 0.05) is 17.6 Å². The Kier molecular flexibility index (Phi) is 4.05. The molecular formula is C11H13BrFNO3S. The van der Waals surface area contributed by atoms with Crippen LogP contribution < -0.4 is 0 Å². The minimum atomic E-state index is -3.81. The van der Waals surface area contributed by atoms with Crippen molar-refractivity contribution in [1.29, 1.82) is 0 Å². The van der Waals surface area contributed by atoms with Gasteiger partial charge in [-0.05, 0) is 31.0 Å². The zero-order valence-electron chi connectivity index (χ0n) is 9.51. The summed E-state index contributed by atoms with van der Waals surface area (Å²) in [6.07, 6.45) is 0.306. The quantitative estimate of drug-likeness (QED) is 0.894. The van der Waals surface area contributed by atoms with Crippen LogP contribution in [0.4, 0.5) is 4.39 Å². The standard InChI is InChI=1S/C11H13BrFNO3S/c12-8-1-2-11(10(13)7-8)18(16,17)14-5-3-9(15)4-6-14/h1-2,7,9,15H,3-6H2. The molecule has 1 heterocycles. The summed E-state index contributed by atoms with van der Waals surface area (Å²) in [6.45, 7) is 0.442. The molecule has 1 N–H and O–H groups in total. The molecule has 18 heavy (non-hydrogen) atoms. The predicted octanol–water partition coefficient (Wildman–Crippen LogP) is 1.73. The number of rotatable bonds is 2. The summed E-state index contributed by atoms with van der Waals surface area (Å²) < 4.78 is 39.8. The van der Waals surface area contributed by atoms with E-state index in [0.29, 0.717) is 17.3 Å². The average molecular weight is 338 g/mol. The van der Waals surface area contributed by atoms with Gasteiger partial charge in [-0.25, -0.2) is 12.8 Å². The van der Waals surface area contributed by atoms with Crippen LogP contribution in [0.15, 0.2) is 27.6 Å². The van der Waals surface area contributed by atoms with Crippen molar-refractivity contribution in [2.45, 2.75) is 23.8 Å². The third-order valence-corrected chi connectivity index (χ3v) is 5.36. The van der Waals surface area contributed by atoms with E-state index in [1.807, 2.05) is 0 Å². The number of piperidine rings is 1. The Bertz CT molecular complexity index is 541. The van der Waals surface area contributed by atoms with E-state index in [0.717, 1.165) is 6.07 Å². The largest absolute Gasteiger partial charge is 0.393 e. The fraction of sp³-hybridized carbons (Fsp3) is 0.455. The Hall–Kier alpha value is -0.500. The summed E-state index contributed by atoms with van der Waals surface area (Å²) in [5.74, 6) is -0.768. The summed E-state index contributed by atoms with van der Waals surface area (Å²) >= 11 is 3.09. The number of aliphatic hydroxyl groups excluding tert-OH is 1. The summed E-state index contributed by atoms with van der Waals surface area (Å²) in [5, 5.41) is 9.35. The molecule has 0 amide bonds. The smallest absolute Gasteiger partial charge is 0.245 e. The number of aliphatic hydroxyl groups is 1. The molecule has 0 unspecified atom stereocenters. The second kappa shape index (κ2) is 5.24. The molecular weight excluding hydrogens is 325 g/mol. The van der Waals surface area contributed by atoms with Gasteiger partial charge in [0.1, 0.15) is 10.7 Å². The number of halogens is 2. The summed E-state index contributed by atoms with van der Waals surface area (Å²) in [6, 6.07) is 3.88. The highest BCUT2D eigenvalue weighted by molar-refractivity contribution is 9.10. The molecule has 7 heteroatoms. The van der Waals surface area contributed by atoms with Gasteiger partial charge in [-0.1, -0.05) is 15.9 Å². The molecule has 1 aliphatic rings. The third-order valence-electron chi connectivity index (χ3n) is 2.94. The van der Waals surface area contributed by atoms with Crippen LogP contribution in [0.2, 0.25) is 0 Å². The number of hydrogen-bond donors (Lipinski definition) is 1. The van der Waals surface area contributed by atoms with E-state index in [1.165, 1.54) is 16.4 Å². The zero-order valence-corrected chi connectivity index (χ0v) is 11.9. The van der Waals surface area contributed by atoms with E-state index < -0.39 is 21.9 Å². The molecule has 4 nitrogen and oxygen atoms in total. The maximum atomic E-state index is 13.7. The van der Waals surface area contributed by atoms with Gasteiger partial charge in [-0.3, -0.25) is 0 Å². The molecule has 0 saturated carbocycles. The van der Waals surface area contributed by atoms with E-state index in [1.54, 1.807) is 0 Å². The molecule has 1 aromatic carbocycles. The first-order chi connectivity index (χ1) is 8.41. The van der Waals surface area contributed by atoms with Crippen molar-refractivity contribution in [3.8, 4) is 0 Å². The molecule has 0 atom stereocenters. The highest BCUT2D eigenvalue weighted by Crippen LogP contribution is 2.25. The molecule has 1 aliphatic heterocycles. The van der Waals surface area contributed by atoms with Crippen molar-refractivity contribution < 1.29 is 17.9 Å². The van der Waals surface area contributed by atoms with Gasteiger partial charge in [0.05, 0.1) is 6.10 Å². The third kappa shape index (κ3) is 2.74. The van der Waals surface area contributed by atoms with Crippen LogP contribution >= 0.6 is 15.9 Å². The van der Waals surface area contributed by atoms with Crippen LogP contribution in [0.1, 0.15) is 12.8 Å². The van der Waals surface area contributed by atoms with Gasteiger partial charge in [-0.15, -0.1) is 0 Å². The van der Waals surface area contributed by atoms with E-state index in [4.69, 9.17) is 0 Å². The van der Waals surface area contributed by atoms with E-state index >= 15 is 0 Å². The van der Waals surface area contributed by atoms with Crippen molar-refractivity contribution in [2.24, 2.45) is 0 Å². The normalized spacial score (nSPS) is 19.1. The van der Waals surface area contributed by atoms with Gasteiger partial charge >= 0.3 is 0 Å². The SMILES string of the molecule is O=S(=O)(c1ccc(Br)cc1F)N1CCC(O)CC1. The fourth-order valence-corrected chi connectivity index (χ4v) is 3.75. The maximum Gasteiger partial charge on any atom is 0.245 e. The lowest BCUT2D eigenvalue weighted by molar-refractivity contribution is 0.113. The number of nitrogens with zero attached hydrogens (tertiary/aromatic N) is 1. The van der Waals surface area contributed by atoms with E-state index in [9.17, 15) is 17.9 Å². The van der Waals surface area contributed by atoms with Gasteiger partial charge < -0.3 is 5.11 Å². The lowest BCUT2D eigenvalue weighted by Crippen LogP contribution is -2.40. The fourth-order valence-electron chi connectivity index (χ4n) is 1.91. The molecule has 1 saturated heterocycles. The van der Waals surface area contributed by atoms with Crippen molar-refractivity contribution in [2.75, 3.05) is 13.1 Å². The monoisotopic (exact) mass is 337 g/mol. The molecule has 1 aromatic rings. The number of sulfonamides is 1. The predicted molar refractivity (Wildman–Crippen MR) is 68.1 cm³/mol. The molecule has 0 aromatic heterocycles. The lowest BCUT2D eigenvalue weighted by atomic mass is 10.1. The lowest BCUT2D eigenvalue weighted by Gasteiger charge is -2.28. The Balaban J connectivity index is 2.30. The summed E-state index contributed by atoms with van der Waals surface area (Å²) in [7, 11) is -3.81. The second-order valence-corrected chi connectivity index (χ2v) is 7.03. The highest BCUT2D eigenvalue weighted by Gasteiger charge is 2.30. The van der Waals surface area contributed by atoms with Crippen LogP contribution in [-0.2, 0) is 10.0 Å². The van der Waals surface area contributed by atoms with Crippen LogP contribution in [0, 0.1) is 5.82 Å². The molecule has 0 spiro atoms. The summed E-state index contributed by atoms with van der Waals surface area (Å²) in [5.41, 5.74) is 0. The minimum Gasteiger partial charge on any atom is -0.393 e.